The van der Waals surface area contributed by atoms with Crippen LogP contribution in [-0.4, -0.2) is 16.1 Å². The molecule has 2 rings (SSSR count). The van der Waals surface area contributed by atoms with Crippen LogP contribution in [-0.2, 0) is 11.2 Å². The Labute approximate surface area is 85.8 Å². The maximum Gasteiger partial charge on any atom is 0.309 e. The molecule has 15 heavy (non-hydrogen) atoms. The van der Waals surface area contributed by atoms with E-state index >= 15 is 0 Å². The zero-order chi connectivity index (χ0) is 10.8. The molecule has 0 aliphatic heterocycles. The Morgan fingerprint density at radius 3 is 2.93 bits per heavy atom. The van der Waals surface area contributed by atoms with Gasteiger partial charge in [0.2, 0.25) is 0 Å². The highest BCUT2D eigenvalue weighted by Crippen LogP contribution is 2.17. The summed E-state index contributed by atoms with van der Waals surface area (Å²) in [7, 11) is 0. The van der Waals surface area contributed by atoms with Crippen LogP contribution in [0.2, 0.25) is 0 Å². The zero-order valence-electron chi connectivity index (χ0n) is 7.82. The fourth-order valence-corrected chi connectivity index (χ4v) is 1.51. The fourth-order valence-electron chi connectivity index (χ4n) is 1.51. The standard InChI is InChI=1S/C11H8N2O2/c12-6-7-1-2-8-4-9(5-11(14)15)13-10(8)3-7/h1-4,13H,5H2,(H,14,15). The molecule has 0 fully saturated rings. The first-order valence-electron chi connectivity index (χ1n) is 4.42. The zero-order valence-corrected chi connectivity index (χ0v) is 7.82. The Morgan fingerprint density at radius 1 is 1.47 bits per heavy atom. The van der Waals surface area contributed by atoms with Gasteiger partial charge in [0.15, 0.2) is 0 Å². The van der Waals surface area contributed by atoms with Gasteiger partial charge in [0.1, 0.15) is 0 Å². The summed E-state index contributed by atoms with van der Waals surface area (Å²) in [5.41, 5.74) is 2.00. The van der Waals surface area contributed by atoms with Crippen molar-refractivity contribution in [2.45, 2.75) is 6.42 Å². The highest BCUT2D eigenvalue weighted by molar-refractivity contribution is 5.83. The Balaban J connectivity index is 2.47. The van der Waals surface area contributed by atoms with Gasteiger partial charge in [-0.1, -0.05) is 6.07 Å². The summed E-state index contributed by atoms with van der Waals surface area (Å²) in [6.45, 7) is 0. The molecule has 0 radical (unpaired) electrons. The van der Waals surface area contributed by atoms with Crippen molar-refractivity contribution >= 4 is 16.9 Å². The van der Waals surface area contributed by atoms with E-state index in [1.165, 1.54) is 0 Å². The number of fused-ring (bicyclic) bond motifs is 1. The summed E-state index contributed by atoms with van der Waals surface area (Å²) in [6, 6.07) is 9.03. The third-order valence-corrected chi connectivity index (χ3v) is 2.15. The quantitative estimate of drug-likeness (QED) is 0.774. The molecule has 2 N–H and O–H groups in total. The summed E-state index contributed by atoms with van der Waals surface area (Å²) in [5.74, 6) is -0.873. The van der Waals surface area contributed by atoms with Crippen LogP contribution in [0.1, 0.15) is 11.3 Å². The molecule has 0 unspecified atom stereocenters. The Morgan fingerprint density at radius 2 is 2.27 bits per heavy atom. The van der Waals surface area contributed by atoms with E-state index in [1.807, 2.05) is 6.07 Å². The van der Waals surface area contributed by atoms with Gasteiger partial charge in [-0.25, -0.2) is 0 Å². The van der Waals surface area contributed by atoms with E-state index in [4.69, 9.17) is 10.4 Å². The summed E-state index contributed by atoms with van der Waals surface area (Å²) in [6.07, 6.45) is -0.0312. The van der Waals surface area contributed by atoms with Crippen molar-refractivity contribution < 1.29 is 9.90 Å². The number of hydrogen-bond donors (Lipinski definition) is 2. The Kier molecular flexibility index (Phi) is 2.14. The maximum absolute atomic E-state index is 10.5. The maximum atomic E-state index is 10.5. The Bertz CT molecular complexity index is 563. The van der Waals surface area contributed by atoms with E-state index in [2.05, 4.69) is 4.98 Å². The number of nitrogens with zero attached hydrogens (tertiary/aromatic N) is 1. The van der Waals surface area contributed by atoms with E-state index in [0.717, 1.165) is 10.9 Å². The number of hydrogen-bond acceptors (Lipinski definition) is 2. The lowest BCUT2D eigenvalue weighted by atomic mass is 10.2. The molecule has 0 amide bonds. The molecular weight excluding hydrogens is 192 g/mol. The number of aromatic amines is 1. The van der Waals surface area contributed by atoms with Crippen molar-refractivity contribution in [3.8, 4) is 6.07 Å². The summed E-state index contributed by atoms with van der Waals surface area (Å²) in [5, 5.41) is 18.2. The molecule has 0 bridgehead atoms. The van der Waals surface area contributed by atoms with Crippen molar-refractivity contribution in [1.82, 2.24) is 4.98 Å². The number of aliphatic carboxylic acids is 1. The van der Waals surface area contributed by atoms with Crippen LogP contribution in [0, 0.1) is 11.3 Å². The van der Waals surface area contributed by atoms with E-state index in [-0.39, 0.29) is 6.42 Å². The second-order valence-electron chi connectivity index (χ2n) is 3.28. The highest BCUT2D eigenvalue weighted by Gasteiger charge is 2.05. The SMILES string of the molecule is N#Cc1ccc2cc(CC(=O)O)[nH]c2c1. The minimum absolute atomic E-state index is 0.0312. The second-order valence-corrected chi connectivity index (χ2v) is 3.28. The van der Waals surface area contributed by atoms with Crippen molar-refractivity contribution in [3.05, 3.63) is 35.5 Å². The van der Waals surface area contributed by atoms with E-state index in [1.54, 1.807) is 24.3 Å². The van der Waals surface area contributed by atoms with Gasteiger partial charge in [-0.2, -0.15) is 5.26 Å². The number of carbonyl (C=O) groups is 1. The fraction of sp³-hybridized carbons (Fsp3) is 0.0909. The molecule has 1 aromatic heterocycles. The van der Waals surface area contributed by atoms with Gasteiger partial charge >= 0.3 is 5.97 Å². The number of rotatable bonds is 2. The lowest BCUT2D eigenvalue weighted by Gasteiger charge is -1.89. The molecule has 0 saturated carbocycles. The third-order valence-electron chi connectivity index (χ3n) is 2.15. The average molecular weight is 200 g/mol. The number of nitriles is 1. The van der Waals surface area contributed by atoms with Crippen molar-refractivity contribution in [2.75, 3.05) is 0 Å². The predicted molar refractivity (Wildman–Crippen MR) is 54.4 cm³/mol. The molecule has 4 heteroatoms. The van der Waals surface area contributed by atoms with Gasteiger partial charge in [0.25, 0.3) is 0 Å². The molecule has 1 heterocycles. The van der Waals surface area contributed by atoms with Gasteiger partial charge < -0.3 is 10.1 Å². The van der Waals surface area contributed by atoms with E-state index < -0.39 is 5.97 Å². The molecule has 74 valence electrons. The van der Waals surface area contributed by atoms with E-state index in [0.29, 0.717) is 11.3 Å². The number of benzene rings is 1. The topological polar surface area (TPSA) is 76.9 Å². The van der Waals surface area contributed by atoms with Crippen LogP contribution in [0.15, 0.2) is 24.3 Å². The number of nitrogens with one attached hydrogen (secondary N) is 1. The van der Waals surface area contributed by atoms with Crippen molar-refractivity contribution in [2.24, 2.45) is 0 Å². The minimum atomic E-state index is -0.873. The van der Waals surface area contributed by atoms with Gasteiger partial charge in [-0.3, -0.25) is 4.79 Å². The molecule has 0 spiro atoms. The van der Waals surface area contributed by atoms with Crippen LogP contribution in [0.25, 0.3) is 10.9 Å². The third kappa shape index (κ3) is 1.81. The first-order valence-corrected chi connectivity index (χ1v) is 4.42. The molecule has 0 saturated heterocycles. The summed E-state index contributed by atoms with van der Waals surface area (Å²) in [4.78, 5) is 13.5. The predicted octanol–water partition coefficient (Wildman–Crippen LogP) is 1.67. The second kappa shape index (κ2) is 3.46. The largest absolute Gasteiger partial charge is 0.481 e. The van der Waals surface area contributed by atoms with Gasteiger partial charge in [-0.15, -0.1) is 0 Å². The van der Waals surface area contributed by atoms with Crippen LogP contribution in [0.4, 0.5) is 0 Å². The normalized spacial score (nSPS) is 10.1. The number of aromatic nitrogens is 1. The first kappa shape index (κ1) is 9.28. The lowest BCUT2D eigenvalue weighted by molar-refractivity contribution is -0.136. The molecular formula is C11H8N2O2. The van der Waals surface area contributed by atoms with E-state index in [9.17, 15) is 4.79 Å². The molecule has 2 aromatic rings. The number of carboxylic acids is 1. The minimum Gasteiger partial charge on any atom is -0.481 e. The summed E-state index contributed by atoms with van der Waals surface area (Å²) >= 11 is 0. The molecule has 0 atom stereocenters. The van der Waals surface area contributed by atoms with Gasteiger partial charge in [0.05, 0.1) is 18.1 Å². The Hall–Kier alpha value is -2.28. The lowest BCUT2D eigenvalue weighted by Crippen LogP contribution is -1.99. The number of H-pyrrole nitrogens is 1. The van der Waals surface area contributed by atoms with Gasteiger partial charge in [0, 0.05) is 11.2 Å². The van der Waals surface area contributed by atoms with Crippen LogP contribution in [0.5, 0.6) is 0 Å². The van der Waals surface area contributed by atoms with Gasteiger partial charge in [-0.05, 0) is 23.6 Å². The van der Waals surface area contributed by atoms with Crippen molar-refractivity contribution in [1.29, 1.82) is 5.26 Å². The average Bonchev–Trinajstić information content (AvgIpc) is 2.57. The van der Waals surface area contributed by atoms with Crippen LogP contribution >= 0.6 is 0 Å². The van der Waals surface area contributed by atoms with Crippen molar-refractivity contribution in [3.63, 3.8) is 0 Å². The monoisotopic (exact) mass is 200 g/mol. The molecule has 1 aromatic carbocycles. The number of carboxylic acid groups (broad SMARTS) is 1. The van der Waals surface area contributed by atoms with Crippen LogP contribution in [0.3, 0.4) is 0 Å². The smallest absolute Gasteiger partial charge is 0.309 e. The first-order chi connectivity index (χ1) is 7.19. The molecule has 0 aliphatic rings. The van der Waals surface area contributed by atoms with Crippen LogP contribution < -0.4 is 0 Å². The molecule has 0 aliphatic carbocycles. The highest BCUT2D eigenvalue weighted by atomic mass is 16.4. The summed E-state index contributed by atoms with van der Waals surface area (Å²) < 4.78 is 0. The molecule has 4 nitrogen and oxygen atoms in total.